The molecule has 7 nitrogen and oxygen atoms in total. The zero-order chi connectivity index (χ0) is 17.6. The van der Waals surface area contributed by atoms with E-state index in [9.17, 15) is 14.4 Å². The molecule has 1 N–H and O–H groups in total. The predicted molar refractivity (Wildman–Crippen MR) is 92.5 cm³/mol. The number of rotatable bonds is 6. The topological polar surface area (TPSA) is 98.5 Å². The highest BCUT2D eigenvalue weighted by Gasteiger charge is 2.14. The highest BCUT2D eigenvalue weighted by Crippen LogP contribution is 2.23. The Balaban J connectivity index is 1.41. The Morgan fingerprint density at radius 1 is 1.20 bits per heavy atom. The van der Waals surface area contributed by atoms with Crippen LogP contribution in [0.15, 0.2) is 51.4 Å². The van der Waals surface area contributed by atoms with E-state index in [4.69, 9.17) is 9.15 Å². The van der Waals surface area contributed by atoms with Crippen LogP contribution in [0.4, 0.5) is 0 Å². The highest BCUT2D eigenvalue weighted by molar-refractivity contribution is 7.99. The Kier molecular flexibility index (Phi) is 5.46. The fourth-order valence-corrected chi connectivity index (χ4v) is 3.11. The van der Waals surface area contributed by atoms with Crippen LogP contribution >= 0.6 is 23.1 Å². The lowest BCUT2D eigenvalue weighted by Crippen LogP contribution is -2.33. The molecule has 0 unspecified atom stereocenters. The van der Waals surface area contributed by atoms with Gasteiger partial charge in [-0.25, -0.2) is 4.98 Å². The van der Waals surface area contributed by atoms with Crippen molar-refractivity contribution in [2.24, 2.45) is 0 Å². The van der Waals surface area contributed by atoms with E-state index >= 15 is 0 Å². The molecule has 0 spiro atoms. The number of nitrogens with zero attached hydrogens (tertiary/aromatic N) is 1. The van der Waals surface area contributed by atoms with E-state index in [1.54, 1.807) is 29.6 Å². The van der Waals surface area contributed by atoms with Crippen molar-refractivity contribution in [3.05, 3.63) is 46.7 Å². The number of thiophene rings is 1. The minimum absolute atomic E-state index is 0.0566. The number of para-hydroxylation sites is 2. The lowest BCUT2D eigenvalue weighted by molar-refractivity contribution is -0.145. The number of aromatic nitrogens is 1. The average Bonchev–Trinajstić information content (AvgIpc) is 3.27. The van der Waals surface area contributed by atoms with Gasteiger partial charge in [-0.2, -0.15) is 0 Å². The number of benzene rings is 1. The molecule has 9 heteroatoms. The molecular formula is C16H12N2O5S2. The molecule has 0 fully saturated rings. The number of carbonyl (C=O) groups is 3. The molecule has 0 aliphatic heterocycles. The standard InChI is InChI=1S/C16H12N2O5S2/c19-13(18-15(21)12-6-3-7-24-12)8-22-14(20)9-25-16-17-10-4-1-2-5-11(10)23-16/h1-7H,8-9H2,(H,18,19,21). The van der Waals surface area contributed by atoms with E-state index in [0.29, 0.717) is 21.2 Å². The van der Waals surface area contributed by atoms with Crippen LogP contribution in [0.25, 0.3) is 11.1 Å². The van der Waals surface area contributed by atoms with Crippen molar-refractivity contribution in [3.63, 3.8) is 0 Å². The zero-order valence-corrected chi connectivity index (χ0v) is 14.4. The molecule has 3 aromatic rings. The van der Waals surface area contributed by atoms with Crippen molar-refractivity contribution in [1.29, 1.82) is 0 Å². The molecule has 2 amide bonds. The number of amides is 2. The summed E-state index contributed by atoms with van der Waals surface area (Å²) in [5.74, 6) is -1.86. The van der Waals surface area contributed by atoms with Crippen molar-refractivity contribution in [3.8, 4) is 0 Å². The third-order valence-corrected chi connectivity index (χ3v) is 4.62. The van der Waals surface area contributed by atoms with Gasteiger partial charge in [0.05, 0.1) is 4.88 Å². The number of esters is 1. The molecule has 0 saturated heterocycles. The van der Waals surface area contributed by atoms with Gasteiger partial charge >= 0.3 is 5.97 Å². The van der Waals surface area contributed by atoms with Crippen LogP contribution in [0.1, 0.15) is 9.67 Å². The van der Waals surface area contributed by atoms with Gasteiger partial charge in [0.2, 0.25) is 0 Å². The summed E-state index contributed by atoms with van der Waals surface area (Å²) < 4.78 is 10.3. The fraction of sp³-hybridized carbons (Fsp3) is 0.125. The quantitative estimate of drug-likeness (QED) is 0.521. The number of ether oxygens (including phenoxy) is 1. The maximum absolute atomic E-state index is 11.7. The van der Waals surface area contributed by atoms with Crippen molar-refractivity contribution in [2.75, 3.05) is 12.4 Å². The molecule has 0 radical (unpaired) electrons. The van der Waals surface area contributed by atoms with E-state index in [1.165, 1.54) is 11.3 Å². The summed E-state index contributed by atoms with van der Waals surface area (Å²) in [6.07, 6.45) is 0. The Labute approximate surface area is 150 Å². The van der Waals surface area contributed by atoms with Crippen LogP contribution < -0.4 is 5.32 Å². The second kappa shape index (κ2) is 7.95. The SMILES string of the molecule is O=C(COC(=O)CSc1nc2ccccc2o1)NC(=O)c1cccs1. The molecule has 2 heterocycles. The van der Waals surface area contributed by atoms with Gasteiger partial charge in [0, 0.05) is 0 Å². The molecule has 2 aromatic heterocycles. The molecule has 0 aliphatic carbocycles. The van der Waals surface area contributed by atoms with Crippen molar-refractivity contribution in [2.45, 2.75) is 5.22 Å². The molecule has 0 bridgehead atoms. The van der Waals surface area contributed by atoms with E-state index in [1.807, 2.05) is 12.1 Å². The van der Waals surface area contributed by atoms with Gasteiger partial charge < -0.3 is 9.15 Å². The molecular weight excluding hydrogens is 364 g/mol. The number of thioether (sulfide) groups is 1. The molecule has 0 aliphatic rings. The van der Waals surface area contributed by atoms with E-state index in [2.05, 4.69) is 10.3 Å². The minimum atomic E-state index is -0.682. The van der Waals surface area contributed by atoms with Gasteiger partial charge in [-0.05, 0) is 23.6 Å². The zero-order valence-electron chi connectivity index (χ0n) is 12.8. The first kappa shape index (κ1) is 17.2. The number of hydrogen-bond acceptors (Lipinski definition) is 8. The number of carbonyl (C=O) groups excluding carboxylic acids is 3. The largest absolute Gasteiger partial charge is 0.455 e. The van der Waals surface area contributed by atoms with E-state index < -0.39 is 24.4 Å². The Morgan fingerprint density at radius 2 is 2.04 bits per heavy atom. The van der Waals surface area contributed by atoms with Crippen LogP contribution in [-0.4, -0.2) is 35.1 Å². The predicted octanol–water partition coefficient (Wildman–Crippen LogP) is 2.48. The van der Waals surface area contributed by atoms with Crippen LogP contribution in [0, 0.1) is 0 Å². The number of fused-ring (bicyclic) bond motifs is 1. The maximum Gasteiger partial charge on any atom is 0.316 e. The summed E-state index contributed by atoms with van der Waals surface area (Å²) in [6.45, 7) is -0.524. The molecule has 128 valence electrons. The maximum atomic E-state index is 11.7. The Hall–Kier alpha value is -2.65. The van der Waals surface area contributed by atoms with Crippen LogP contribution in [0.2, 0.25) is 0 Å². The Bertz CT molecular complexity index is 871. The molecule has 0 atom stereocenters. The number of nitrogens with one attached hydrogen (secondary N) is 1. The molecule has 0 saturated carbocycles. The summed E-state index contributed by atoms with van der Waals surface area (Å²) in [5, 5.41) is 4.21. The van der Waals surface area contributed by atoms with Crippen molar-refractivity contribution >= 4 is 52.0 Å². The lowest BCUT2D eigenvalue weighted by atomic mass is 10.3. The smallest absolute Gasteiger partial charge is 0.316 e. The second-order valence-corrected chi connectivity index (χ2v) is 6.63. The first-order chi connectivity index (χ1) is 12.1. The second-order valence-electron chi connectivity index (χ2n) is 4.75. The van der Waals surface area contributed by atoms with Gasteiger partial charge in [-0.3, -0.25) is 19.7 Å². The van der Waals surface area contributed by atoms with Gasteiger partial charge in [0.25, 0.3) is 17.0 Å². The third-order valence-electron chi connectivity index (χ3n) is 2.95. The molecule has 3 rings (SSSR count). The van der Waals surface area contributed by atoms with Crippen molar-refractivity contribution in [1.82, 2.24) is 10.3 Å². The van der Waals surface area contributed by atoms with E-state index in [0.717, 1.165) is 11.8 Å². The molecule has 25 heavy (non-hydrogen) atoms. The van der Waals surface area contributed by atoms with Gasteiger partial charge in [0.1, 0.15) is 11.3 Å². The first-order valence-corrected chi connectivity index (χ1v) is 9.00. The summed E-state index contributed by atoms with van der Waals surface area (Å²) in [5.41, 5.74) is 1.33. The normalized spacial score (nSPS) is 10.6. The number of oxazole rings is 1. The fourth-order valence-electron chi connectivity index (χ4n) is 1.85. The van der Waals surface area contributed by atoms with Gasteiger partial charge in [-0.1, -0.05) is 30.0 Å². The van der Waals surface area contributed by atoms with E-state index in [-0.39, 0.29) is 5.75 Å². The average molecular weight is 376 g/mol. The van der Waals surface area contributed by atoms with Gasteiger partial charge in [-0.15, -0.1) is 11.3 Å². The summed E-state index contributed by atoms with van der Waals surface area (Å²) in [6, 6.07) is 10.5. The Morgan fingerprint density at radius 3 is 2.80 bits per heavy atom. The number of hydrogen-bond donors (Lipinski definition) is 1. The van der Waals surface area contributed by atoms with Crippen LogP contribution in [0.3, 0.4) is 0 Å². The molecule has 1 aromatic carbocycles. The van der Waals surface area contributed by atoms with Gasteiger partial charge in [0.15, 0.2) is 12.2 Å². The minimum Gasteiger partial charge on any atom is -0.455 e. The summed E-state index contributed by atoms with van der Waals surface area (Å²) >= 11 is 2.28. The summed E-state index contributed by atoms with van der Waals surface area (Å²) in [7, 11) is 0. The summed E-state index contributed by atoms with van der Waals surface area (Å²) in [4.78, 5) is 39.6. The monoisotopic (exact) mass is 376 g/mol. The first-order valence-electron chi connectivity index (χ1n) is 7.13. The highest BCUT2D eigenvalue weighted by atomic mass is 32.2. The van der Waals surface area contributed by atoms with Crippen LogP contribution in [-0.2, 0) is 14.3 Å². The van der Waals surface area contributed by atoms with Crippen LogP contribution in [0.5, 0.6) is 0 Å². The third kappa shape index (κ3) is 4.68. The van der Waals surface area contributed by atoms with Crippen molar-refractivity contribution < 1.29 is 23.5 Å². The number of imide groups is 1. The lowest BCUT2D eigenvalue weighted by Gasteiger charge is -2.04.